The largest absolute Gasteiger partial charge is 0.530 e. The molecule has 1 heterocycles. The molecule has 0 spiro atoms. The van der Waals surface area contributed by atoms with Gasteiger partial charge in [-0.15, -0.1) is 0 Å². The standard InChI is InChI=1S/C48H65O4P/c1-18-34-35-21-30(4)25-39(47(12,13)14)43(35)51-53(52-44-36(34)22-31(5)26-40(44)48(15,16)17)50-42-33(20-29(3)24-38(42)46(9,10)11)27-32-19-28(2)23-37(41(32)49)45(6,7)8/h19-26,34,49H,18,27H2,1-17H3. The van der Waals surface area contributed by atoms with E-state index in [9.17, 15) is 5.11 Å². The molecule has 0 saturated heterocycles. The fraction of sp³-hybridized carbons (Fsp3) is 0.500. The van der Waals surface area contributed by atoms with Crippen LogP contribution in [-0.2, 0) is 28.1 Å². The first-order chi connectivity index (χ1) is 24.3. The molecule has 53 heavy (non-hydrogen) atoms. The molecule has 4 aromatic carbocycles. The average molecular weight is 737 g/mol. The van der Waals surface area contributed by atoms with Gasteiger partial charge in [0.1, 0.15) is 23.0 Å². The maximum absolute atomic E-state index is 11.7. The Hall–Kier alpha value is -3.49. The van der Waals surface area contributed by atoms with Crippen LogP contribution in [0.3, 0.4) is 0 Å². The van der Waals surface area contributed by atoms with E-state index in [0.29, 0.717) is 12.2 Å². The Morgan fingerprint density at radius 3 is 1.34 bits per heavy atom. The molecule has 4 nitrogen and oxygen atoms in total. The summed E-state index contributed by atoms with van der Waals surface area (Å²) in [4.78, 5) is 0. The van der Waals surface area contributed by atoms with Crippen LogP contribution in [0.1, 0.15) is 169 Å². The van der Waals surface area contributed by atoms with E-state index >= 15 is 0 Å². The first-order valence-electron chi connectivity index (χ1n) is 19.4. The molecule has 1 N–H and O–H groups in total. The lowest BCUT2D eigenvalue weighted by Gasteiger charge is -2.35. The van der Waals surface area contributed by atoms with Gasteiger partial charge in [0.15, 0.2) is 0 Å². The van der Waals surface area contributed by atoms with Crippen molar-refractivity contribution in [2.45, 2.75) is 158 Å². The zero-order chi connectivity index (χ0) is 39.6. The Kier molecular flexibility index (Phi) is 11.0. The molecule has 0 saturated carbocycles. The molecule has 1 aliphatic heterocycles. The van der Waals surface area contributed by atoms with Gasteiger partial charge in [-0.3, -0.25) is 0 Å². The van der Waals surface area contributed by atoms with Crippen molar-refractivity contribution in [3.63, 3.8) is 0 Å². The zero-order valence-corrected chi connectivity index (χ0v) is 36.6. The molecule has 1 aliphatic rings. The zero-order valence-electron chi connectivity index (χ0n) is 35.7. The number of phenolic OH excluding ortho intramolecular Hbond substituents is 1. The van der Waals surface area contributed by atoms with E-state index < -0.39 is 8.60 Å². The molecular formula is C48H65O4P. The molecular weight excluding hydrogens is 671 g/mol. The lowest BCUT2D eigenvalue weighted by Crippen LogP contribution is -2.22. The van der Waals surface area contributed by atoms with Crippen LogP contribution in [0.2, 0.25) is 0 Å². The summed E-state index contributed by atoms with van der Waals surface area (Å²) in [7, 11) is -2.00. The smallest absolute Gasteiger partial charge is 0.507 e. The number of aromatic hydroxyl groups is 1. The van der Waals surface area contributed by atoms with Gasteiger partial charge in [-0.1, -0.05) is 161 Å². The summed E-state index contributed by atoms with van der Waals surface area (Å²) in [5, 5.41) is 11.7. The van der Waals surface area contributed by atoms with Crippen LogP contribution in [0.15, 0.2) is 48.5 Å². The van der Waals surface area contributed by atoms with E-state index in [-0.39, 0.29) is 27.6 Å². The van der Waals surface area contributed by atoms with Crippen LogP contribution in [0.5, 0.6) is 23.0 Å². The van der Waals surface area contributed by atoms with Gasteiger partial charge in [0.2, 0.25) is 0 Å². The van der Waals surface area contributed by atoms with Gasteiger partial charge in [-0.25, -0.2) is 0 Å². The van der Waals surface area contributed by atoms with Gasteiger partial charge in [-0.05, 0) is 72.5 Å². The SMILES string of the molecule is CCC1c2cc(C)cc(C(C)(C)C)c2OP(Oc2c(Cc3cc(C)cc(C(C)(C)C)c3O)cc(C)cc2C(C)(C)C)Oc2c1cc(C)cc2C(C)(C)C. The topological polar surface area (TPSA) is 47.9 Å². The fourth-order valence-electron chi connectivity index (χ4n) is 7.73. The number of phenols is 1. The van der Waals surface area contributed by atoms with Gasteiger partial charge >= 0.3 is 8.60 Å². The second kappa shape index (κ2) is 14.3. The van der Waals surface area contributed by atoms with Crippen molar-refractivity contribution < 1.29 is 18.7 Å². The minimum atomic E-state index is -2.00. The van der Waals surface area contributed by atoms with Crippen molar-refractivity contribution in [1.29, 1.82) is 0 Å². The molecule has 0 unspecified atom stereocenters. The lowest BCUT2D eigenvalue weighted by atomic mass is 9.77. The molecule has 5 heteroatoms. The van der Waals surface area contributed by atoms with Crippen LogP contribution >= 0.6 is 8.60 Å². The predicted molar refractivity (Wildman–Crippen MR) is 225 cm³/mol. The van der Waals surface area contributed by atoms with E-state index in [2.05, 4.69) is 166 Å². The fourth-order valence-corrected chi connectivity index (χ4v) is 8.92. The van der Waals surface area contributed by atoms with Gasteiger partial charge in [0.05, 0.1) is 0 Å². The third-order valence-electron chi connectivity index (χ3n) is 10.4. The van der Waals surface area contributed by atoms with Crippen molar-refractivity contribution in [3.05, 3.63) is 115 Å². The number of benzene rings is 4. The van der Waals surface area contributed by atoms with Crippen molar-refractivity contribution in [1.82, 2.24) is 0 Å². The van der Waals surface area contributed by atoms with E-state index in [1.807, 2.05) is 0 Å². The minimum absolute atomic E-state index is 0.0838. The van der Waals surface area contributed by atoms with Crippen LogP contribution in [-0.4, -0.2) is 5.11 Å². The lowest BCUT2D eigenvalue weighted by molar-refractivity contribution is 0.360. The maximum atomic E-state index is 11.7. The molecule has 0 atom stereocenters. The van der Waals surface area contributed by atoms with Gasteiger partial charge in [0, 0.05) is 40.2 Å². The van der Waals surface area contributed by atoms with Gasteiger partial charge in [0.25, 0.3) is 0 Å². The molecule has 5 rings (SSSR count). The highest BCUT2D eigenvalue weighted by molar-refractivity contribution is 7.43. The number of hydrogen-bond acceptors (Lipinski definition) is 4. The first kappa shape index (κ1) is 40.7. The highest BCUT2D eigenvalue weighted by atomic mass is 31.2. The Labute approximate surface area is 322 Å². The Morgan fingerprint density at radius 2 is 0.925 bits per heavy atom. The summed E-state index contributed by atoms with van der Waals surface area (Å²) >= 11 is 0. The number of fused-ring (bicyclic) bond motifs is 2. The van der Waals surface area contributed by atoms with Crippen molar-refractivity contribution in [2.75, 3.05) is 0 Å². The van der Waals surface area contributed by atoms with Crippen LogP contribution in [0, 0.1) is 27.7 Å². The molecule has 0 aliphatic carbocycles. The highest BCUT2D eigenvalue weighted by Crippen LogP contribution is 2.57. The third-order valence-corrected chi connectivity index (χ3v) is 11.4. The normalized spacial score (nSPS) is 16.5. The summed E-state index contributed by atoms with van der Waals surface area (Å²) in [5.74, 6) is 2.92. The predicted octanol–water partition coefficient (Wildman–Crippen LogP) is 14.0. The molecule has 4 aromatic rings. The molecule has 0 aromatic heterocycles. The van der Waals surface area contributed by atoms with E-state index in [1.165, 1.54) is 22.3 Å². The average Bonchev–Trinajstić information content (AvgIpc) is 2.99. The minimum Gasteiger partial charge on any atom is -0.507 e. The van der Waals surface area contributed by atoms with Crippen molar-refractivity contribution in [2.24, 2.45) is 0 Å². The summed E-state index contributed by atoms with van der Waals surface area (Å²) in [6, 6.07) is 17.8. The number of rotatable bonds is 5. The maximum Gasteiger partial charge on any atom is 0.530 e. The molecule has 0 radical (unpaired) electrons. The van der Waals surface area contributed by atoms with Crippen molar-refractivity contribution >= 4 is 8.60 Å². The molecule has 0 bridgehead atoms. The van der Waals surface area contributed by atoms with Crippen molar-refractivity contribution in [3.8, 4) is 23.0 Å². The van der Waals surface area contributed by atoms with Gasteiger partial charge < -0.3 is 18.7 Å². The van der Waals surface area contributed by atoms with E-state index in [0.717, 1.165) is 68.2 Å². The summed E-state index contributed by atoms with van der Waals surface area (Å²) < 4.78 is 21.7. The Morgan fingerprint density at radius 1 is 0.547 bits per heavy atom. The number of hydrogen-bond donors (Lipinski definition) is 1. The second-order valence-electron chi connectivity index (χ2n) is 19.7. The van der Waals surface area contributed by atoms with Gasteiger partial charge in [-0.2, -0.15) is 0 Å². The first-order valence-corrected chi connectivity index (χ1v) is 20.5. The molecule has 0 amide bonds. The molecule has 0 fully saturated rings. The van der Waals surface area contributed by atoms with E-state index in [1.54, 1.807) is 0 Å². The summed E-state index contributed by atoms with van der Waals surface area (Å²) in [6.45, 7) is 37.5. The number of aryl methyl sites for hydroxylation is 4. The van der Waals surface area contributed by atoms with Crippen LogP contribution in [0.4, 0.5) is 0 Å². The van der Waals surface area contributed by atoms with Crippen LogP contribution < -0.4 is 13.6 Å². The Bertz CT molecular complexity index is 1940. The molecule has 286 valence electrons. The second-order valence-corrected chi connectivity index (χ2v) is 20.7. The third kappa shape index (κ3) is 8.59. The highest BCUT2D eigenvalue weighted by Gasteiger charge is 2.38. The van der Waals surface area contributed by atoms with Crippen LogP contribution in [0.25, 0.3) is 0 Å². The monoisotopic (exact) mass is 736 g/mol. The Balaban J connectivity index is 1.80. The van der Waals surface area contributed by atoms with E-state index in [4.69, 9.17) is 13.6 Å². The summed E-state index contributed by atoms with van der Waals surface area (Å²) in [5.41, 5.74) is 12.5. The summed E-state index contributed by atoms with van der Waals surface area (Å²) in [6.07, 6.45) is 1.40. The quantitative estimate of drug-likeness (QED) is 0.207.